The molecule has 11 nitrogen and oxygen atoms in total. The minimum atomic E-state index is -1.60. The van der Waals surface area contributed by atoms with Crippen LogP contribution in [-0.4, -0.2) is 69.2 Å². The van der Waals surface area contributed by atoms with Crippen LogP contribution in [0.3, 0.4) is 0 Å². The van der Waals surface area contributed by atoms with Crippen molar-refractivity contribution in [2.75, 3.05) is 13.9 Å². The van der Waals surface area contributed by atoms with Gasteiger partial charge in [-0.25, -0.2) is 9.59 Å². The van der Waals surface area contributed by atoms with Crippen molar-refractivity contribution in [3.05, 3.63) is 33.1 Å². The molecule has 23 heavy (non-hydrogen) atoms. The number of aromatic nitrogens is 2. The Hall–Kier alpha value is -2.05. The summed E-state index contributed by atoms with van der Waals surface area (Å²) in [7, 11) is 1.07. The normalized spacial score (nSPS) is 28.5. The fraction of sp³-hybridized carbons (Fsp3) is 0.583. The molecule has 0 spiro atoms. The molecule has 1 fully saturated rings. The van der Waals surface area contributed by atoms with Crippen LogP contribution >= 0.6 is 0 Å². The van der Waals surface area contributed by atoms with E-state index in [1.54, 1.807) is 0 Å². The van der Waals surface area contributed by atoms with Gasteiger partial charge in [0.15, 0.2) is 12.3 Å². The fourth-order valence-corrected chi connectivity index (χ4v) is 2.29. The quantitative estimate of drug-likeness (QED) is 0.319. The van der Waals surface area contributed by atoms with Crippen LogP contribution in [0.5, 0.6) is 0 Å². The maximum atomic E-state index is 11.7. The number of nitrogens with one attached hydrogen (secondary N) is 1. The molecule has 4 N–H and O–H groups in total. The highest BCUT2D eigenvalue weighted by Crippen LogP contribution is 2.31. The molecule has 0 amide bonds. The van der Waals surface area contributed by atoms with Crippen molar-refractivity contribution in [2.45, 2.75) is 30.6 Å². The van der Waals surface area contributed by atoms with Gasteiger partial charge in [-0.3, -0.25) is 14.3 Å². The zero-order valence-electron chi connectivity index (χ0n) is 12.0. The summed E-state index contributed by atoms with van der Waals surface area (Å²) in [5.41, 5.74) is -1.51. The summed E-state index contributed by atoms with van der Waals surface area (Å²) in [6.07, 6.45) is -6.39. The Labute approximate surface area is 128 Å². The number of esters is 1. The lowest BCUT2D eigenvalue weighted by molar-refractivity contribution is -0.182. The minimum absolute atomic E-state index is 0.646. The third-order valence-corrected chi connectivity index (χ3v) is 3.39. The number of hydrogen-bond acceptors (Lipinski definition) is 9. The highest BCUT2D eigenvalue weighted by molar-refractivity contribution is 5.75. The van der Waals surface area contributed by atoms with Crippen LogP contribution in [-0.2, 0) is 19.0 Å². The SMILES string of the molecule is COC(=O)C(OCO)[C@H]1O[C@@H](n2ccc(=O)[nH]c2=O)[C@H](O)[C@@H]1O. The number of aromatic amines is 1. The third-order valence-electron chi connectivity index (χ3n) is 3.39. The van der Waals surface area contributed by atoms with E-state index in [1.807, 2.05) is 4.98 Å². The first-order chi connectivity index (χ1) is 10.9. The van der Waals surface area contributed by atoms with Crippen LogP contribution in [0, 0.1) is 0 Å². The van der Waals surface area contributed by atoms with E-state index in [1.165, 1.54) is 0 Å². The van der Waals surface area contributed by atoms with Crippen LogP contribution < -0.4 is 11.2 Å². The zero-order valence-corrected chi connectivity index (χ0v) is 12.0. The molecule has 5 atom stereocenters. The number of H-pyrrole nitrogens is 1. The molecule has 0 saturated carbocycles. The molecule has 1 unspecified atom stereocenters. The van der Waals surface area contributed by atoms with Gasteiger partial charge in [-0.15, -0.1) is 0 Å². The number of carbonyl (C=O) groups is 1. The van der Waals surface area contributed by atoms with E-state index in [2.05, 4.69) is 4.74 Å². The molecule has 0 radical (unpaired) electrons. The first kappa shape index (κ1) is 17.3. The van der Waals surface area contributed by atoms with Crippen LogP contribution in [0.2, 0.25) is 0 Å². The number of rotatable bonds is 5. The zero-order chi connectivity index (χ0) is 17.1. The summed E-state index contributed by atoms with van der Waals surface area (Å²) in [6, 6.07) is 1.03. The minimum Gasteiger partial charge on any atom is -0.467 e. The van der Waals surface area contributed by atoms with Crippen molar-refractivity contribution in [3.63, 3.8) is 0 Å². The van der Waals surface area contributed by atoms with Crippen molar-refractivity contribution in [1.29, 1.82) is 0 Å². The van der Waals surface area contributed by atoms with E-state index >= 15 is 0 Å². The Balaban J connectivity index is 2.31. The first-order valence-electron chi connectivity index (χ1n) is 6.54. The second-order valence-corrected chi connectivity index (χ2v) is 4.73. The molecule has 2 heterocycles. The predicted octanol–water partition coefficient (Wildman–Crippen LogP) is -3.34. The summed E-state index contributed by atoms with van der Waals surface area (Å²) in [5.74, 6) is -0.940. The largest absolute Gasteiger partial charge is 0.467 e. The first-order valence-corrected chi connectivity index (χ1v) is 6.54. The van der Waals surface area contributed by atoms with Crippen molar-refractivity contribution in [3.8, 4) is 0 Å². The maximum absolute atomic E-state index is 11.7. The van der Waals surface area contributed by atoms with Crippen LogP contribution in [0.4, 0.5) is 0 Å². The topological polar surface area (TPSA) is 160 Å². The van der Waals surface area contributed by atoms with Gasteiger partial charge < -0.3 is 29.5 Å². The van der Waals surface area contributed by atoms with Gasteiger partial charge in [0.1, 0.15) is 25.1 Å². The number of aliphatic hydroxyl groups is 3. The molecule has 0 aromatic carbocycles. The Morgan fingerprint density at radius 3 is 2.70 bits per heavy atom. The van der Waals surface area contributed by atoms with Crippen LogP contribution in [0.1, 0.15) is 6.23 Å². The molecule has 1 aliphatic heterocycles. The second kappa shape index (κ2) is 7.02. The van der Waals surface area contributed by atoms with Gasteiger partial charge in [-0.1, -0.05) is 0 Å². The molecule has 1 aromatic rings. The predicted molar refractivity (Wildman–Crippen MR) is 71.2 cm³/mol. The van der Waals surface area contributed by atoms with E-state index in [4.69, 9.17) is 14.6 Å². The third kappa shape index (κ3) is 3.33. The molecule has 0 aliphatic carbocycles. The van der Waals surface area contributed by atoms with Gasteiger partial charge in [0, 0.05) is 12.3 Å². The van der Waals surface area contributed by atoms with Crippen molar-refractivity contribution < 1.29 is 34.3 Å². The van der Waals surface area contributed by atoms with Crippen molar-refractivity contribution in [1.82, 2.24) is 9.55 Å². The molecule has 0 bridgehead atoms. The Bertz CT molecular complexity index is 669. The highest BCUT2D eigenvalue weighted by atomic mass is 16.6. The average molecular weight is 332 g/mol. The van der Waals surface area contributed by atoms with E-state index in [0.29, 0.717) is 0 Å². The highest BCUT2D eigenvalue weighted by Gasteiger charge is 2.50. The van der Waals surface area contributed by atoms with E-state index < -0.39 is 54.7 Å². The lowest BCUT2D eigenvalue weighted by Gasteiger charge is -2.22. The molecular formula is C12H16N2O9. The monoisotopic (exact) mass is 332 g/mol. The van der Waals surface area contributed by atoms with Gasteiger partial charge in [0.25, 0.3) is 5.56 Å². The summed E-state index contributed by atoms with van der Waals surface area (Å²) >= 11 is 0. The number of nitrogens with zero attached hydrogens (tertiary/aromatic N) is 1. The lowest BCUT2D eigenvalue weighted by Crippen LogP contribution is -2.45. The molecule has 2 rings (SSSR count). The Morgan fingerprint density at radius 2 is 2.13 bits per heavy atom. The Morgan fingerprint density at radius 1 is 1.43 bits per heavy atom. The van der Waals surface area contributed by atoms with Crippen LogP contribution in [0.15, 0.2) is 21.9 Å². The fourth-order valence-electron chi connectivity index (χ4n) is 2.29. The van der Waals surface area contributed by atoms with Gasteiger partial charge in [0.2, 0.25) is 0 Å². The molecule has 1 aromatic heterocycles. The number of hydrogen-bond donors (Lipinski definition) is 4. The molecule has 11 heteroatoms. The summed E-state index contributed by atoms with van der Waals surface area (Å²) in [4.78, 5) is 36.4. The van der Waals surface area contributed by atoms with Gasteiger partial charge in [-0.05, 0) is 0 Å². The van der Waals surface area contributed by atoms with Crippen molar-refractivity contribution in [2.24, 2.45) is 0 Å². The maximum Gasteiger partial charge on any atom is 0.337 e. The smallest absolute Gasteiger partial charge is 0.337 e. The van der Waals surface area contributed by atoms with Crippen molar-refractivity contribution >= 4 is 5.97 Å². The number of ether oxygens (including phenoxy) is 3. The van der Waals surface area contributed by atoms with Gasteiger partial charge in [-0.2, -0.15) is 0 Å². The van der Waals surface area contributed by atoms with E-state index in [0.717, 1.165) is 23.9 Å². The molecule has 1 saturated heterocycles. The Kier molecular flexibility index (Phi) is 5.28. The lowest BCUT2D eigenvalue weighted by atomic mass is 10.1. The molecule has 128 valence electrons. The van der Waals surface area contributed by atoms with Gasteiger partial charge >= 0.3 is 11.7 Å². The van der Waals surface area contributed by atoms with E-state index in [9.17, 15) is 24.6 Å². The van der Waals surface area contributed by atoms with Gasteiger partial charge in [0.05, 0.1) is 7.11 Å². The average Bonchev–Trinajstić information content (AvgIpc) is 2.80. The standard InChI is InChI=1S/C12H16N2O9/c1-21-11(19)9(22-4-15)8-6(17)7(18)10(23-8)14-3-2-5(16)13-12(14)20/h2-3,6-10,15,17-18H,4H2,1H3,(H,13,16,20)/t6-,7+,8-,9?,10+/m0/s1. The van der Waals surface area contributed by atoms with E-state index in [-0.39, 0.29) is 0 Å². The number of methoxy groups -OCH3 is 1. The molecular weight excluding hydrogens is 316 g/mol. The summed E-state index contributed by atoms with van der Waals surface area (Å²) in [6.45, 7) is -0.855. The summed E-state index contributed by atoms with van der Waals surface area (Å²) in [5, 5.41) is 28.9. The van der Waals surface area contributed by atoms with Crippen LogP contribution in [0.25, 0.3) is 0 Å². The molecule has 1 aliphatic rings. The number of carbonyl (C=O) groups excluding carboxylic acids is 1. The summed E-state index contributed by atoms with van der Waals surface area (Å²) < 4.78 is 15.4. The number of aliphatic hydroxyl groups excluding tert-OH is 3. The second-order valence-electron chi connectivity index (χ2n) is 4.73.